The SMILES string of the molecule is CCCN1c2ccc(/C=N\NC(=O)c3ccc(F)cc3)cc2C(C)=CC1(C)C. The van der Waals surface area contributed by atoms with Crippen molar-refractivity contribution in [1.82, 2.24) is 5.43 Å². The molecule has 1 amide bonds. The lowest BCUT2D eigenvalue weighted by Crippen LogP contribution is -2.45. The number of rotatable bonds is 5. The number of hydrogen-bond donors (Lipinski definition) is 1. The van der Waals surface area contributed by atoms with Gasteiger partial charge in [-0.1, -0.05) is 19.1 Å². The molecule has 0 saturated heterocycles. The number of nitrogens with one attached hydrogen (secondary N) is 1. The summed E-state index contributed by atoms with van der Waals surface area (Å²) in [6.45, 7) is 9.77. The second-order valence-corrected chi connectivity index (χ2v) is 7.62. The second-order valence-electron chi connectivity index (χ2n) is 7.62. The number of hydrazone groups is 1. The molecule has 0 bridgehead atoms. The zero-order valence-corrected chi connectivity index (χ0v) is 16.8. The highest BCUT2D eigenvalue weighted by atomic mass is 19.1. The molecule has 0 atom stereocenters. The molecule has 1 heterocycles. The molecule has 0 aliphatic carbocycles. The summed E-state index contributed by atoms with van der Waals surface area (Å²) >= 11 is 0. The van der Waals surface area contributed by atoms with Crippen molar-refractivity contribution >= 4 is 23.4 Å². The number of nitrogens with zero attached hydrogens (tertiary/aromatic N) is 2. The molecule has 0 radical (unpaired) electrons. The standard InChI is InChI=1S/C23H26FN3O/c1-5-12-27-21-11-6-17(13-20(21)16(2)14-23(27,3)4)15-25-26-22(28)18-7-9-19(24)10-8-18/h6-11,13-15H,5,12H2,1-4H3,(H,26,28)/b25-15-. The Balaban J connectivity index is 1.78. The monoisotopic (exact) mass is 379 g/mol. The van der Waals surface area contributed by atoms with Gasteiger partial charge in [0, 0.05) is 23.4 Å². The van der Waals surface area contributed by atoms with E-state index in [9.17, 15) is 9.18 Å². The molecule has 28 heavy (non-hydrogen) atoms. The molecule has 5 heteroatoms. The molecule has 1 aliphatic heterocycles. The van der Waals surface area contributed by atoms with Gasteiger partial charge in [-0.3, -0.25) is 4.79 Å². The lowest BCUT2D eigenvalue weighted by Gasteiger charge is -2.43. The highest BCUT2D eigenvalue weighted by molar-refractivity contribution is 5.95. The molecule has 1 N–H and O–H groups in total. The van der Waals surface area contributed by atoms with Crippen molar-refractivity contribution < 1.29 is 9.18 Å². The lowest BCUT2D eigenvalue weighted by molar-refractivity contribution is 0.0955. The quantitative estimate of drug-likeness (QED) is 0.587. The van der Waals surface area contributed by atoms with E-state index in [-0.39, 0.29) is 17.3 Å². The summed E-state index contributed by atoms with van der Waals surface area (Å²) in [6, 6.07) is 11.6. The first-order valence-electron chi connectivity index (χ1n) is 9.52. The minimum Gasteiger partial charge on any atom is -0.362 e. The molecule has 0 fully saturated rings. The smallest absolute Gasteiger partial charge is 0.271 e. The van der Waals surface area contributed by atoms with Gasteiger partial charge in [0.05, 0.1) is 11.8 Å². The van der Waals surface area contributed by atoms with Crippen LogP contribution in [0.4, 0.5) is 10.1 Å². The fourth-order valence-corrected chi connectivity index (χ4v) is 3.64. The highest BCUT2D eigenvalue weighted by Gasteiger charge is 2.30. The van der Waals surface area contributed by atoms with Gasteiger partial charge in [0.1, 0.15) is 5.82 Å². The van der Waals surface area contributed by atoms with Crippen LogP contribution in [0.1, 0.15) is 55.6 Å². The van der Waals surface area contributed by atoms with Gasteiger partial charge in [-0.25, -0.2) is 9.82 Å². The van der Waals surface area contributed by atoms with E-state index in [0.717, 1.165) is 18.5 Å². The van der Waals surface area contributed by atoms with Crippen LogP contribution in [0.25, 0.3) is 5.57 Å². The summed E-state index contributed by atoms with van der Waals surface area (Å²) in [7, 11) is 0. The van der Waals surface area contributed by atoms with E-state index >= 15 is 0 Å². The van der Waals surface area contributed by atoms with Crippen molar-refractivity contribution in [3.8, 4) is 0 Å². The summed E-state index contributed by atoms with van der Waals surface area (Å²) in [4.78, 5) is 14.5. The second kappa shape index (κ2) is 7.97. The van der Waals surface area contributed by atoms with Crippen LogP contribution < -0.4 is 10.3 Å². The van der Waals surface area contributed by atoms with E-state index in [4.69, 9.17) is 0 Å². The Bertz CT molecular complexity index is 929. The van der Waals surface area contributed by atoms with E-state index in [0.29, 0.717) is 5.56 Å². The zero-order chi connectivity index (χ0) is 20.3. The first kappa shape index (κ1) is 19.8. The van der Waals surface area contributed by atoms with Crippen molar-refractivity contribution in [2.75, 3.05) is 11.4 Å². The minimum absolute atomic E-state index is 0.0220. The topological polar surface area (TPSA) is 44.7 Å². The maximum Gasteiger partial charge on any atom is 0.271 e. The Hall–Kier alpha value is -2.95. The third-order valence-corrected chi connectivity index (χ3v) is 4.93. The summed E-state index contributed by atoms with van der Waals surface area (Å²) in [5.74, 6) is -0.751. The van der Waals surface area contributed by atoms with Crippen molar-refractivity contribution in [1.29, 1.82) is 0 Å². The average Bonchev–Trinajstić information content (AvgIpc) is 2.65. The number of anilines is 1. The van der Waals surface area contributed by atoms with Gasteiger partial charge in [0.2, 0.25) is 0 Å². The molecule has 0 spiro atoms. The fourth-order valence-electron chi connectivity index (χ4n) is 3.64. The zero-order valence-electron chi connectivity index (χ0n) is 16.8. The third kappa shape index (κ3) is 4.14. The molecule has 2 aromatic rings. The number of allylic oxidation sites excluding steroid dienone is 1. The van der Waals surface area contributed by atoms with Gasteiger partial charge in [-0.05, 0) is 74.7 Å². The van der Waals surface area contributed by atoms with E-state index in [2.05, 4.69) is 61.3 Å². The van der Waals surface area contributed by atoms with E-state index < -0.39 is 0 Å². The molecular formula is C23H26FN3O. The van der Waals surface area contributed by atoms with Gasteiger partial charge in [-0.2, -0.15) is 5.10 Å². The largest absolute Gasteiger partial charge is 0.362 e. The Morgan fingerprint density at radius 3 is 2.61 bits per heavy atom. The highest BCUT2D eigenvalue weighted by Crippen LogP contribution is 2.39. The normalized spacial score (nSPS) is 15.3. The van der Waals surface area contributed by atoms with Crippen molar-refractivity contribution in [3.05, 3.63) is 71.0 Å². The molecule has 0 saturated carbocycles. The van der Waals surface area contributed by atoms with Gasteiger partial charge in [-0.15, -0.1) is 0 Å². The summed E-state index contributed by atoms with van der Waals surface area (Å²) in [5, 5.41) is 4.05. The molecule has 146 valence electrons. The molecule has 0 aromatic heterocycles. The Morgan fingerprint density at radius 2 is 1.93 bits per heavy atom. The van der Waals surface area contributed by atoms with Crippen LogP contribution in [0.2, 0.25) is 0 Å². The predicted molar refractivity (Wildman–Crippen MR) is 113 cm³/mol. The van der Waals surface area contributed by atoms with Crippen LogP contribution in [0, 0.1) is 5.82 Å². The molecule has 3 rings (SSSR count). The Labute approximate surface area is 165 Å². The number of carbonyl (C=O) groups is 1. The van der Waals surface area contributed by atoms with Crippen LogP contribution in [-0.4, -0.2) is 24.2 Å². The van der Waals surface area contributed by atoms with Gasteiger partial charge in [0.25, 0.3) is 5.91 Å². The van der Waals surface area contributed by atoms with Crippen LogP contribution >= 0.6 is 0 Å². The molecule has 1 aliphatic rings. The Kier molecular flexibility index (Phi) is 5.63. The van der Waals surface area contributed by atoms with Crippen molar-refractivity contribution in [2.45, 2.75) is 39.7 Å². The van der Waals surface area contributed by atoms with Crippen LogP contribution in [0.5, 0.6) is 0 Å². The third-order valence-electron chi connectivity index (χ3n) is 4.93. The first-order valence-corrected chi connectivity index (χ1v) is 9.52. The van der Waals surface area contributed by atoms with Gasteiger partial charge < -0.3 is 4.90 Å². The molecular weight excluding hydrogens is 353 g/mol. The minimum atomic E-state index is -0.377. The Morgan fingerprint density at radius 1 is 1.21 bits per heavy atom. The van der Waals surface area contributed by atoms with E-state index in [1.54, 1.807) is 6.21 Å². The van der Waals surface area contributed by atoms with Crippen molar-refractivity contribution in [2.24, 2.45) is 5.10 Å². The van der Waals surface area contributed by atoms with Crippen molar-refractivity contribution in [3.63, 3.8) is 0 Å². The van der Waals surface area contributed by atoms with E-state index in [1.165, 1.54) is 41.1 Å². The van der Waals surface area contributed by atoms with Gasteiger partial charge in [0.15, 0.2) is 0 Å². The number of fused-ring (bicyclic) bond motifs is 1. The number of amides is 1. The summed E-state index contributed by atoms with van der Waals surface area (Å²) in [6.07, 6.45) is 5.00. The van der Waals surface area contributed by atoms with E-state index in [1.807, 2.05) is 6.07 Å². The average molecular weight is 379 g/mol. The number of hydrogen-bond acceptors (Lipinski definition) is 3. The maximum absolute atomic E-state index is 12.9. The van der Waals surface area contributed by atoms with Crippen LogP contribution in [0.15, 0.2) is 53.6 Å². The number of benzene rings is 2. The molecule has 0 unspecified atom stereocenters. The first-order chi connectivity index (χ1) is 13.3. The van der Waals surface area contributed by atoms with Crippen LogP contribution in [-0.2, 0) is 0 Å². The fraction of sp³-hybridized carbons (Fsp3) is 0.304. The molecule has 2 aromatic carbocycles. The maximum atomic E-state index is 12.9. The predicted octanol–water partition coefficient (Wildman–Crippen LogP) is 5.00. The molecule has 4 nitrogen and oxygen atoms in total. The lowest BCUT2D eigenvalue weighted by atomic mass is 9.88. The van der Waals surface area contributed by atoms with Crippen LogP contribution in [0.3, 0.4) is 0 Å². The summed E-state index contributed by atoms with van der Waals surface area (Å²) < 4.78 is 12.9. The summed E-state index contributed by atoms with van der Waals surface area (Å²) in [5.41, 5.74) is 7.37. The number of halogens is 1. The van der Waals surface area contributed by atoms with Gasteiger partial charge >= 0.3 is 0 Å². The number of carbonyl (C=O) groups excluding carboxylic acids is 1.